The summed E-state index contributed by atoms with van der Waals surface area (Å²) in [4.78, 5) is 24.0. The fraction of sp³-hybridized carbons (Fsp3) is 0.417. The minimum atomic E-state index is -0.888. The first-order chi connectivity index (χ1) is 8.97. The Morgan fingerprint density at radius 2 is 2.11 bits per heavy atom. The van der Waals surface area contributed by atoms with Gasteiger partial charge in [-0.05, 0) is 32.0 Å². The molecule has 0 aliphatic heterocycles. The van der Waals surface area contributed by atoms with Gasteiger partial charge in [0.15, 0.2) is 0 Å². The Bertz CT molecular complexity index is 384. The van der Waals surface area contributed by atoms with Gasteiger partial charge in [-0.3, -0.25) is 9.59 Å². The Morgan fingerprint density at radius 1 is 1.42 bits per heavy atom. The van der Waals surface area contributed by atoms with E-state index >= 15 is 0 Å². The van der Waals surface area contributed by atoms with Gasteiger partial charge in [0.05, 0.1) is 0 Å². The number of aliphatic carboxylic acids is 2. The smallest absolute Gasteiger partial charge is 0.325 e. The lowest BCUT2D eigenvalue weighted by Gasteiger charge is -2.08. The standard InChI is InChI=1S/C8H10N2O2.C4H9NO2/c1-6(8(11)12)10-7-4-2-3-5-9-7;5-3-1-2-4(6)7/h2-6H,1H3,(H,9,10)(H,11,12);1-3,5H2,(H,6,7)/t6-;/m0./s1. The molecule has 7 nitrogen and oxygen atoms in total. The van der Waals surface area contributed by atoms with E-state index in [0.29, 0.717) is 18.8 Å². The lowest BCUT2D eigenvalue weighted by molar-refractivity contribution is -0.138. The van der Waals surface area contributed by atoms with E-state index < -0.39 is 18.0 Å². The molecule has 0 saturated carbocycles. The molecule has 19 heavy (non-hydrogen) atoms. The van der Waals surface area contributed by atoms with E-state index in [9.17, 15) is 9.59 Å². The molecule has 0 unspecified atom stereocenters. The van der Waals surface area contributed by atoms with Gasteiger partial charge in [-0.15, -0.1) is 0 Å². The van der Waals surface area contributed by atoms with Crippen molar-refractivity contribution in [1.29, 1.82) is 0 Å². The molecule has 7 heteroatoms. The molecule has 0 spiro atoms. The van der Waals surface area contributed by atoms with Crippen LogP contribution in [0.25, 0.3) is 0 Å². The van der Waals surface area contributed by atoms with Crippen LogP contribution >= 0.6 is 0 Å². The van der Waals surface area contributed by atoms with Crippen LogP contribution in [0.5, 0.6) is 0 Å². The van der Waals surface area contributed by atoms with Gasteiger partial charge in [0.1, 0.15) is 11.9 Å². The second kappa shape index (κ2) is 9.84. The third kappa shape index (κ3) is 9.54. The van der Waals surface area contributed by atoms with E-state index in [0.717, 1.165) is 0 Å². The lowest BCUT2D eigenvalue weighted by Crippen LogP contribution is -2.25. The second-order valence-corrected chi connectivity index (χ2v) is 3.71. The summed E-state index contributed by atoms with van der Waals surface area (Å²) in [6.45, 7) is 2.03. The molecule has 1 atom stereocenters. The molecule has 1 aromatic heterocycles. The number of nitrogens with one attached hydrogen (secondary N) is 1. The molecule has 0 bridgehead atoms. The van der Waals surface area contributed by atoms with Crippen LogP contribution in [0.2, 0.25) is 0 Å². The van der Waals surface area contributed by atoms with Crippen LogP contribution in [-0.2, 0) is 9.59 Å². The number of nitrogens with two attached hydrogens (primary N) is 1. The topological polar surface area (TPSA) is 126 Å². The third-order valence-corrected chi connectivity index (χ3v) is 1.99. The van der Waals surface area contributed by atoms with Gasteiger partial charge >= 0.3 is 11.9 Å². The zero-order valence-corrected chi connectivity index (χ0v) is 10.7. The van der Waals surface area contributed by atoms with Crippen LogP contribution < -0.4 is 11.1 Å². The van der Waals surface area contributed by atoms with E-state index in [2.05, 4.69) is 10.3 Å². The highest BCUT2D eigenvalue weighted by Crippen LogP contribution is 2.01. The summed E-state index contributed by atoms with van der Waals surface area (Å²) in [6, 6.07) is 4.68. The summed E-state index contributed by atoms with van der Waals surface area (Å²) < 4.78 is 0. The van der Waals surface area contributed by atoms with Gasteiger partial charge in [-0.1, -0.05) is 6.07 Å². The second-order valence-electron chi connectivity index (χ2n) is 3.71. The number of hydrogen-bond donors (Lipinski definition) is 4. The molecule has 5 N–H and O–H groups in total. The summed E-state index contributed by atoms with van der Waals surface area (Å²) >= 11 is 0. The van der Waals surface area contributed by atoms with Crippen molar-refractivity contribution in [1.82, 2.24) is 4.98 Å². The van der Waals surface area contributed by atoms with Crippen molar-refractivity contribution >= 4 is 17.8 Å². The molecule has 0 aliphatic rings. The Morgan fingerprint density at radius 3 is 2.47 bits per heavy atom. The molecular weight excluding hydrogens is 250 g/mol. The molecule has 106 valence electrons. The van der Waals surface area contributed by atoms with Crippen molar-refractivity contribution in [2.45, 2.75) is 25.8 Å². The molecule has 1 aromatic rings. The molecule has 0 aromatic carbocycles. The highest BCUT2D eigenvalue weighted by molar-refractivity contribution is 5.76. The summed E-state index contributed by atoms with van der Waals surface area (Å²) in [7, 11) is 0. The van der Waals surface area contributed by atoms with E-state index in [1.807, 2.05) is 0 Å². The normalized spacial score (nSPS) is 10.8. The first-order valence-electron chi connectivity index (χ1n) is 5.79. The number of aromatic nitrogens is 1. The Labute approximate surface area is 111 Å². The number of carboxylic acid groups (broad SMARTS) is 2. The predicted molar refractivity (Wildman–Crippen MR) is 70.9 cm³/mol. The first-order valence-corrected chi connectivity index (χ1v) is 5.79. The van der Waals surface area contributed by atoms with Gasteiger partial charge < -0.3 is 21.3 Å². The first kappa shape index (κ1) is 16.9. The zero-order chi connectivity index (χ0) is 14.7. The third-order valence-electron chi connectivity index (χ3n) is 1.99. The number of anilines is 1. The van der Waals surface area contributed by atoms with E-state index in [1.54, 1.807) is 31.3 Å². The number of rotatable bonds is 6. The Hall–Kier alpha value is -2.15. The van der Waals surface area contributed by atoms with Crippen molar-refractivity contribution in [3.63, 3.8) is 0 Å². The summed E-state index contributed by atoms with van der Waals surface area (Å²) in [5, 5.41) is 19.3. The molecule has 1 rings (SSSR count). The average Bonchev–Trinajstić information content (AvgIpc) is 2.38. The van der Waals surface area contributed by atoms with Crippen molar-refractivity contribution in [2.75, 3.05) is 11.9 Å². The SMILES string of the molecule is C[C@H](Nc1ccccn1)C(=O)O.NCCCC(=O)O. The van der Waals surface area contributed by atoms with E-state index in [1.165, 1.54) is 0 Å². The van der Waals surface area contributed by atoms with Crippen LogP contribution in [0.1, 0.15) is 19.8 Å². The van der Waals surface area contributed by atoms with Crippen molar-refractivity contribution in [3.8, 4) is 0 Å². The van der Waals surface area contributed by atoms with Gasteiger partial charge in [0, 0.05) is 12.6 Å². The highest BCUT2D eigenvalue weighted by Gasteiger charge is 2.09. The van der Waals surface area contributed by atoms with Crippen LogP contribution in [0.3, 0.4) is 0 Å². The number of nitrogens with zero attached hydrogens (tertiary/aromatic N) is 1. The maximum absolute atomic E-state index is 10.4. The summed E-state index contributed by atoms with van der Waals surface area (Å²) in [5.41, 5.74) is 5.01. The highest BCUT2D eigenvalue weighted by atomic mass is 16.4. The predicted octanol–water partition coefficient (Wildman–Crippen LogP) is 0.776. The van der Waals surface area contributed by atoms with Gasteiger partial charge in [0.25, 0.3) is 0 Å². The van der Waals surface area contributed by atoms with Crippen molar-refractivity contribution < 1.29 is 19.8 Å². The number of carboxylic acids is 2. The largest absolute Gasteiger partial charge is 0.481 e. The average molecular weight is 269 g/mol. The van der Waals surface area contributed by atoms with Gasteiger partial charge in [-0.2, -0.15) is 0 Å². The van der Waals surface area contributed by atoms with Crippen LogP contribution in [0.4, 0.5) is 5.82 Å². The van der Waals surface area contributed by atoms with E-state index in [4.69, 9.17) is 15.9 Å². The maximum atomic E-state index is 10.4. The Balaban J connectivity index is 0.000000399. The van der Waals surface area contributed by atoms with Crippen LogP contribution in [-0.4, -0.2) is 39.7 Å². The molecule has 0 amide bonds. The molecule has 1 heterocycles. The fourth-order valence-corrected chi connectivity index (χ4v) is 0.985. The Kier molecular flexibility index (Phi) is 8.72. The molecule has 0 radical (unpaired) electrons. The summed E-state index contributed by atoms with van der Waals surface area (Å²) in [5.74, 6) is -1.08. The van der Waals surface area contributed by atoms with E-state index in [-0.39, 0.29) is 6.42 Å². The van der Waals surface area contributed by atoms with Crippen LogP contribution in [0.15, 0.2) is 24.4 Å². The molecule has 0 saturated heterocycles. The van der Waals surface area contributed by atoms with Crippen LogP contribution in [0, 0.1) is 0 Å². The number of carbonyl (C=O) groups is 2. The van der Waals surface area contributed by atoms with Gasteiger partial charge in [-0.25, -0.2) is 4.98 Å². The minimum absolute atomic E-state index is 0.191. The molecule has 0 aliphatic carbocycles. The van der Waals surface area contributed by atoms with Crippen molar-refractivity contribution in [2.24, 2.45) is 5.73 Å². The van der Waals surface area contributed by atoms with Gasteiger partial charge in [0.2, 0.25) is 0 Å². The number of pyridine rings is 1. The minimum Gasteiger partial charge on any atom is -0.481 e. The molecule has 0 fully saturated rings. The fourth-order valence-electron chi connectivity index (χ4n) is 0.985. The monoisotopic (exact) mass is 269 g/mol. The lowest BCUT2D eigenvalue weighted by atomic mass is 10.3. The quantitative estimate of drug-likeness (QED) is 0.601. The van der Waals surface area contributed by atoms with Crippen molar-refractivity contribution in [3.05, 3.63) is 24.4 Å². The molecular formula is C12H19N3O4. The zero-order valence-electron chi connectivity index (χ0n) is 10.7. The maximum Gasteiger partial charge on any atom is 0.325 e. The number of hydrogen-bond acceptors (Lipinski definition) is 5. The summed E-state index contributed by atoms with van der Waals surface area (Å²) in [6.07, 6.45) is 2.38.